The van der Waals surface area contributed by atoms with Gasteiger partial charge in [0.15, 0.2) is 0 Å². The highest BCUT2D eigenvalue weighted by Crippen LogP contribution is 2.70. The Morgan fingerprint density at radius 2 is 1.02 bits per heavy atom. The van der Waals surface area contributed by atoms with E-state index in [9.17, 15) is 0 Å². The van der Waals surface area contributed by atoms with Crippen molar-refractivity contribution >= 4 is 10.8 Å². The van der Waals surface area contributed by atoms with Gasteiger partial charge in [0.2, 0.25) is 0 Å². The van der Waals surface area contributed by atoms with Crippen LogP contribution in [0, 0.1) is 23.7 Å². The number of benzene rings is 7. The first kappa shape index (κ1) is 28.2. The molecule has 0 amide bonds. The van der Waals surface area contributed by atoms with Gasteiger partial charge in [0.1, 0.15) is 11.5 Å². The molecule has 7 aromatic carbocycles. The molecule has 4 fully saturated rings. The van der Waals surface area contributed by atoms with Crippen molar-refractivity contribution in [3.8, 4) is 44.9 Å². The third-order valence-electron chi connectivity index (χ3n) is 14.7. The number of hydrogen-bond acceptors (Lipinski definition) is 1. The number of fused-ring (bicyclic) bond motifs is 14. The smallest absolute Gasteiger partial charge is 0.131 e. The zero-order valence-electron chi connectivity index (χ0n) is 29.1. The average molecular weight is 667 g/mol. The van der Waals surface area contributed by atoms with E-state index in [0.717, 1.165) is 23.3 Å². The van der Waals surface area contributed by atoms with E-state index in [-0.39, 0.29) is 10.8 Å². The van der Waals surface area contributed by atoms with E-state index in [1.54, 1.807) is 0 Å². The molecule has 0 atom stereocenters. The molecular formula is C51H38O. The van der Waals surface area contributed by atoms with Gasteiger partial charge in [-0.3, -0.25) is 0 Å². The minimum Gasteiger partial charge on any atom is -0.457 e. The first-order valence-corrected chi connectivity index (χ1v) is 19.5. The summed E-state index contributed by atoms with van der Waals surface area (Å²) >= 11 is 0. The monoisotopic (exact) mass is 666 g/mol. The predicted octanol–water partition coefficient (Wildman–Crippen LogP) is 12.7. The molecule has 1 aliphatic heterocycles. The van der Waals surface area contributed by atoms with E-state index in [1.807, 2.05) is 0 Å². The molecule has 1 heterocycles. The summed E-state index contributed by atoms with van der Waals surface area (Å²) in [6.45, 7) is 0. The molecule has 7 aliphatic rings. The molecule has 0 radical (unpaired) electrons. The van der Waals surface area contributed by atoms with Crippen LogP contribution < -0.4 is 4.74 Å². The van der Waals surface area contributed by atoms with Gasteiger partial charge in [0.25, 0.3) is 0 Å². The molecule has 0 aromatic heterocycles. The Hall–Kier alpha value is -5.40. The second kappa shape index (κ2) is 9.72. The quantitative estimate of drug-likeness (QED) is 0.169. The summed E-state index contributed by atoms with van der Waals surface area (Å²) < 4.78 is 6.86. The van der Waals surface area contributed by atoms with Crippen molar-refractivity contribution in [2.24, 2.45) is 23.7 Å². The molecule has 0 unspecified atom stereocenters. The van der Waals surface area contributed by atoms with Gasteiger partial charge in [0.05, 0.1) is 5.41 Å². The fraction of sp³-hybridized carbons (Fsp3) is 0.216. The molecule has 1 nitrogen and oxygen atoms in total. The van der Waals surface area contributed by atoms with E-state index in [2.05, 4.69) is 146 Å². The second-order valence-corrected chi connectivity index (χ2v) is 16.8. The minimum absolute atomic E-state index is 0.0146. The fourth-order valence-corrected chi connectivity index (χ4v) is 13.3. The lowest BCUT2D eigenvalue weighted by Crippen LogP contribution is -2.56. The van der Waals surface area contributed by atoms with Crippen molar-refractivity contribution in [3.05, 3.63) is 179 Å². The molecule has 6 aliphatic carbocycles. The molecule has 1 heteroatoms. The van der Waals surface area contributed by atoms with Crippen LogP contribution >= 0.6 is 0 Å². The van der Waals surface area contributed by atoms with Crippen LogP contribution in [0.1, 0.15) is 65.5 Å². The summed E-state index contributed by atoms with van der Waals surface area (Å²) in [6, 6.07) is 55.6. The van der Waals surface area contributed by atoms with Gasteiger partial charge in [-0.1, -0.05) is 127 Å². The molecule has 52 heavy (non-hydrogen) atoms. The molecule has 4 saturated carbocycles. The van der Waals surface area contributed by atoms with Crippen LogP contribution in [-0.4, -0.2) is 0 Å². The summed E-state index contributed by atoms with van der Waals surface area (Å²) in [5, 5.41) is 2.63. The second-order valence-electron chi connectivity index (χ2n) is 16.8. The maximum absolute atomic E-state index is 6.86. The zero-order chi connectivity index (χ0) is 33.8. The highest BCUT2D eigenvalue weighted by atomic mass is 16.5. The summed E-state index contributed by atoms with van der Waals surface area (Å²) in [5.41, 5.74) is 16.2. The summed E-state index contributed by atoms with van der Waals surface area (Å²) in [4.78, 5) is 0. The van der Waals surface area contributed by atoms with Crippen molar-refractivity contribution in [2.75, 3.05) is 0 Å². The van der Waals surface area contributed by atoms with Crippen molar-refractivity contribution in [1.82, 2.24) is 0 Å². The van der Waals surface area contributed by atoms with Crippen LogP contribution in [0.5, 0.6) is 11.5 Å². The molecule has 4 bridgehead atoms. The Morgan fingerprint density at radius 3 is 1.79 bits per heavy atom. The summed E-state index contributed by atoms with van der Waals surface area (Å²) in [7, 11) is 0. The maximum Gasteiger partial charge on any atom is 0.131 e. The minimum atomic E-state index is -0.378. The largest absolute Gasteiger partial charge is 0.457 e. The third kappa shape index (κ3) is 3.21. The average Bonchev–Trinajstić information content (AvgIpc) is 3.67. The Bertz CT molecular complexity index is 2620. The van der Waals surface area contributed by atoms with Crippen molar-refractivity contribution in [2.45, 2.75) is 42.9 Å². The van der Waals surface area contributed by atoms with Gasteiger partial charge >= 0.3 is 0 Å². The van der Waals surface area contributed by atoms with Gasteiger partial charge in [-0.25, -0.2) is 0 Å². The van der Waals surface area contributed by atoms with Crippen molar-refractivity contribution in [3.63, 3.8) is 0 Å². The Morgan fingerprint density at radius 1 is 0.423 bits per heavy atom. The van der Waals surface area contributed by atoms with Crippen LogP contribution in [0.3, 0.4) is 0 Å². The Balaban J connectivity index is 1.11. The van der Waals surface area contributed by atoms with E-state index < -0.39 is 0 Å². The lowest BCUT2D eigenvalue weighted by Gasteiger charge is -2.63. The van der Waals surface area contributed by atoms with Gasteiger partial charge in [-0.05, 0) is 140 Å². The van der Waals surface area contributed by atoms with Crippen LogP contribution in [0.15, 0.2) is 146 Å². The maximum atomic E-state index is 6.86. The van der Waals surface area contributed by atoms with E-state index in [0.29, 0.717) is 11.8 Å². The number of rotatable bonds is 1. The van der Waals surface area contributed by atoms with E-state index in [4.69, 9.17) is 4.74 Å². The normalized spacial score (nSPS) is 25.7. The van der Waals surface area contributed by atoms with Crippen LogP contribution in [0.25, 0.3) is 44.2 Å². The fourth-order valence-electron chi connectivity index (χ4n) is 13.3. The topological polar surface area (TPSA) is 9.23 Å². The van der Waals surface area contributed by atoms with Gasteiger partial charge in [0, 0.05) is 16.5 Å². The molecule has 0 saturated heterocycles. The first-order valence-electron chi connectivity index (χ1n) is 19.5. The highest BCUT2D eigenvalue weighted by Gasteiger charge is 2.61. The van der Waals surface area contributed by atoms with Gasteiger partial charge < -0.3 is 4.74 Å². The molecule has 7 aromatic rings. The molecule has 248 valence electrons. The van der Waals surface area contributed by atoms with Gasteiger partial charge in [-0.15, -0.1) is 0 Å². The van der Waals surface area contributed by atoms with Crippen molar-refractivity contribution < 1.29 is 4.74 Å². The third-order valence-corrected chi connectivity index (χ3v) is 14.7. The lowest BCUT2D eigenvalue weighted by molar-refractivity contribution is -0.0452. The SMILES string of the molecule is c1ccc2c(c1)Oc1ccc(-c3cccc4c3-c3c(ccc5ccccc35)C43c4ccccc4-c4ccccc43)cc1C21C2CC3CC(C2)CC1C3. The molecule has 0 N–H and O–H groups in total. The van der Waals surface area contributed by atoms with Crippen molar-refractivity contribution in [1.29, 1.82) is 0 Å². The number of hydrogen-bond donors (Lipinski definition) is 0. The number of ether oxygens (including phenoxy) is 1. The highest BCUT2D eigenvalue weighted by molar-refractivity contribution is 6.09. The molecular weight excluding hydrogens is 629 g/mol. The summed E-state index contributed by atoms with van der Waals surface area (Å²) in [5.74, 6) is 5.28. The molecule has 14 rings (SSSR count). The van der Waals surface area contributed by atoms with Crippen LogP contribution in [-0.2, 0) is 10.8 Å². The Kier molecular flexibility index (Phi) is 5.27. The zero-order valence-corrected chi connectivity index (χ0v) is 29.1. The van der Waals surface area contributed by atoms with E-state index >= 15 is 0 Å². The van der Waals surface area contributed by atoms with E-state index in [1.165, 1.54) is 110 Å². The standard InChI is InChI=1S/C51H38O/c1-2-11-36-32(10-1)20-22-44-48(36)49-37(14-9-18-43(49)51(44)40-15-5-3-12-38(40)39-13-4-6-16-41(39)51)33-21-23-47-45(29-33)50(42-17-7-8-19-46(42)52-47)34-25-30-24-31(27-34)28-35(50)26-30/h1-23,29-31,34-35H,24-28H2. The Labute approximate surface area is 304 Å². The summed E-state index contributed by atoms with van der Waals surface area (Å²) in [6.07, 6.45) is 6.86. The van der Waals surface area contributed by atoms with Crippen LogP contribution in [0.4, 0.5) is 0 Å². The predicted molar refractivity (Wildman–Crippen MR) is 210 cm³/mol. The number of para-hydroxylation sites is 1. The van der Waals surface area contributed by atoms with Crippen LogP contribution in [0.2, 0.25) is 0 Å². The lowest BCUT2D eigenvalue weighted by atomic mass is 9.41. The first-order chi connectivity index (χ1) is 25.7. The molecule has 2 spiro atoms. The van der Waals surface area contributed by atoms with Gasteiger partial charge in [-0.2, -0.15) is 0 Å².